The molecule has 0 aliphatic carbocycles. The van der Waals surface area contributed by atoms with Crippen molar-refractivity contribution in [2.45, 2.75) is 6.92 Å². The average Bonchev–Trinajstić information content (AvgIpc) is 2.67. The van der Waals surface area contributed by atoms with Gasteiger partial charge in [-0.15, -0.1) is 0 Å². The largest absolute Gasteiger partial charge is 0.494 e. The predicted octanol–water partition coefficient (Wildman–Crippen LogP) is 2.82. The predicted molar refractivity (Wildman–Crippen MR) is 107 cm³/mol. The third-order valence-electron chi connectivity index (χ3n) is 4.23. The second-order valence-electron chi connectivity index (χ2n) is 6.37. The molecule has 1 aliphatic rings. The number of carbonyl (C=O) groups is 3. The minimum absolute atomic E-state index is 0.105. The van der Waals surface area contributed by atoms with E-state index in [0.717, 1.165) is 10.6 Å². The standard InChI is InChI=1S/C21H21N3O4/c1-4-28-17-11-9-16(10-12-17)24-20(26)18(19(25)22-21(24)27)13-14-5-7-15(8-6-14)23(2)3/h5-13H,4H2,1-3H3,(H,22,25,27). The van der Waals surface area contributed by atoms with Gasteiger partial charge in [-0.3, -0.25) is 14.9 Å². The van der Waals surface area contributed by atoms with Gasteiger partial charge in [0.1, 0.15) is 11.3 Å². The smallest absolute Gasteiger partial charge is 0.335 e. The first-order valence-electron chi connectivity index (χ1n) is 8.82. The zero-order chi connectivity index (χ0) is 20.3. The zero-order valence-corrected chi connectivity index (χ0v) is 15.9. The second-order valence-corrected chi connectivity index (χ2v) is 6.37. The Morgan fingerprint density at radius 3 is 2.21 bits per heavy atom. The normalized spacial score (nSPS) is 15.6. The zero-order valence-electron chi connectivity index (χ0n) is 15.9. The Morgan fingerprint density at radius 2 is 1.64 bits per heavy atom. The van der Waals surface area contributed by atoms with E-state index in [9.17, 15) is 14.4 Å². The first-order chi connectivity index (χ1) is 13.4. The Morgan fingerprint density at radius 1 is 1.00 bits per heavy atom. The Bertz CT molecular complexity index is 931. The topological polar surface area (TPSA) is 79.0 Å². The van der Waals surface area contributed by atoms with Crippen LogP contribution in [0.3, 0.4) is 0 Å². The third-order valence-corrected chi connectivity index (χ3v) is 4.23. The maximum Gasteiger partial charge on any atom is 0.335 e. The highest BCUT2D eigenvalue weighted by Gasteiger charge is 2.36. The van der Waals surface area contributed by atoms with Crippen LogP contribution >= 0.6 is 0 Å². The molecule has 0 atom stereocenters. The molecule has 2 aromatic carbocycles. The fraction of sp³-hybridized carbons (Fsp3) is 0.190. The Hall–Kier alpha value is -3.61. The minimum atomic E-state index is -0.778. The third kappa shape index (κ3) is 3.88. The summed E-state index contributed by atoms with van der Waals surface area (Å²) in [5, 5.41) is 2.22. The molecular weight excluding hydrogens is 358 g/mol. The number of anilines is 2. The van der Waals surface area contributed by atoms with Crippen molar-refractivity contribution in [3.63, 3.8) is 0 Å². The number of nitrogens with zero attached hydrogens (tertiary/aromatic N) is 2. The quantitative estimate of drug-likeness (QED) is 0.638. The van der Waals surface area contributed by atoms with Crippen LogP contribution < -0.4 is 19.9 Å². The van der Waals surface area contributed by atoms with Crippen LogP contribution in [-0.2, 0) is 9.59 Å². The Labute approximate surface area is 163 Å². The van der Waals surface area contributed by atoms with Crippen molar-refractivity contribution in [2.24, 2.45) is 0 Å². The number of imide groups is 2. The van der Waals surface area contributed by atoms with Crippen LogP contribution in [0.5, 0.6) is 5.75 Å². The summed E-state index contributed by atoms with van der Waals surface area (Å²) in [6.45, 7) is 2.37. The van der Waals surface area contributed by atoms with Gasteiger partial charge in [-0.2, -0.15) is 0 Å². The summed E-state index contributed by atoms with van der Waals surface area (Å²) < 4.78 is 5.37. The summed E-state index contributed by atoms with van der Waals surface area (Å²) in [5.74, 6) is -0.757. The van der Waals surface area contributed by atoms with Gasteiger partial charge in [-0.05, 0) is 55.0 Å². The number of benzene rings is 2. The molecule has 0 radical (unpaired) electrons. The van der Waals surface area contributed by atoms with Gasteiger partial charge in [0.25, 0.3) is 11.8 Å². The van der Waals surface area contributed by atoms with Crippen molar-refractivity contribution < 1.29 is 19.1 Å². The van der Waals surface area contributed by atoms with Crippen LogP contribution in [0.2, 0.25) is 0 Å². The van der Waals surface area contributed by atoms with E-state index in [1.54, 1.807) is 36.4 Å². The molecule has 144 valence electrons. The summed E-state index contributed by atoms with van der Waals surface area (Å²) in [6, 6.07) is 13.1. The average molecular weight is 379 g/mol. The number of urea groups is 1. The van der Waals surface area contributed by atoms with Crippen molar-refractivity contribution in [3.05, 3.63) is 59.7 Å². The number of ether oxygens (including phenoxy) is 1. The van der Waals surface area contributed by atoms with Gasteiger partial charge in [0.15, 0.2) is 0 Å². The second kappa shape index (κ2) is 7.96. The highest BCUT2D eigenvalue weighted by atomic mass is 16.5. The van der Waals surface area contributed by atoms with E-state index in [2.05, 4.69) is 5.32 Å². The van der Waals surface area contributed by atoms with Gasteiger partial charge in [0.05, 0.1) is 12.3 Å². The summed E-state index contributed by atoms with van der Waals surface area (Å²) in [4.78, 5) is 40.2. The molecule has 4 amide bonds. The Kier molecular flexibility index (Phi) is 5.44. The summed E-state index contributed by atoms with van der Waals surface area (Å²) in [7, 11) is 3.85. The molecule has 3 rings (SSSR count). The van der Waals surface area contributed by atoms with Gasteiger partial charge in [0.2, 0.25) is 0 Å². The molecule has 0 spiro atoms. The first-order valence-corrected chi connectivity index (χ1v) is 8.82. The number of amides is 4. The van der Waals surface area contributed by atoms with Gasteiger partial charge in [-0.1, -0.05) is 12.1 Å². The van der Waals surface area contributed by atoms with Crippen LogP contribution in [-0.4, -0.2) is 38.5 Å². The number of nitrogens with one attached hydrogen (secondary N) is 1. The molecular formula is C21H21N3O4. The van der Waals surface area contributed by atoms with Crippen LogP contribution in [0.4, 0.5) is 16.2 Å². The lowest BCUT2D eigenvalue weighted by molar-refractivity contribution is -0.122. The number of hydrogen-bond acceptors (Lipinski definition) is 5. The van der Waals surface area contributed by atoms with Crippen molar-refractivity contribution in [1.82, 2.24) is 5.32 Å². The van der Waals surface area contributed by atoms with Gasteiger partial charge in [-0.25, -0.2) is 9.69 Å². The fourth-order valence-electron chi connectivity index (χ4n) is 2.79. The van der Waals surface area contributed by atoms with Crippen LogP contribution in [0, 0.1) is 0 Å². The molecule has 1 heterocycles. The summed E-state index contributed by atoms with van der Waals surface area (Å²) in [6.07, 6.45) is 1.48. The molecule has 1 aliphatic heterocycles. The number of barbiturate groups is 1. The molecule has 0 saturated carbocycles. The summed E-state index contributed by atoms with van der Waals surface area (Å²) in [5.41, 5.74) is 1.93. The molecule has 7 heteroatoms. The molecule has 1 fully saturated rings. The summed E-state index contributed by atoms with van der Waals surface area (Å²) >= 11 is 0. The van der Waals surface area contributed by atoms with Crippen molar-refractivity contribution in [2.75, 3.05) is 30.5 Å². The van der Waals surface area contributed by atoms with Crippen molar-refractivity contribution in [1.29, 1.82) is 0 Å². The highest BCUT2D eigenvalue weighted by molar-refractivity contribution is 6.39. The first kappa shape index (κ1) is 19.2. The lowest BCUT2D eigenvalue weighted by Crippen LogP contribution is -2.54. The molecule has 28 heavy (non-hydrogen) atoms. The van der Waals surface area contributed by atoms with Crippen LogP contribution in [0.1, 0.15) is 12.5 Å². The lowest BCUT2D eigenvalue weighted by Gasteiger charge is -2.26. The fourth-order valence-corrected chi connectivity index (χ4v) is 2.79. The van der Waals surface area contributed by atoms with Gasteiger partial charge in [0, 0.05) is 19.8 Å². The minimum Gasteiger partial charge on any atom is -0.494 e. The van der Waals surface area contributed by atoms with E-state index in [1.807, 2.05) is 38.1 Å². The van der Waals surface area contributed by atoms with Gasteiger partial charge >= 0.3 is 6.03 Å². The SMILES string of the molecule is CCOc1ccc(N2C(=O)NC(=O)C(=Cc3ccc(N(C)C)cc3)C2=O)cc1. The molecule has 7 nitrogen and oxygen atoms in total. The van der Waals surface area contributed by atoms with E-state index in [0.29, 0.717) is 23.6 Å². The molecule has 2 aromatic rings. The molecule has 0 aromatic heterocycles. The number of carbonyl (C=O) groups excluding carboxylic acids is 3. The van der Waals surface area contributed by atoms with E-state index >= 15 is 0 Å². The van der Waals surface area contributed by atoms with Crippen LogP contribution in [0.15, 0.2) is 54.1 Å². The monoisotopic (exact) mass is 379 g/mol. The molecule has 0 bridgehead atoms. The van der Waals surface area contributed by atoms with E-state index in [1.165, 1.54) is 6.08 Å². The lowest BCUT2D eigenvalue weighted by atomic mass is 10.1. The number of rotatable bonds is 5. The Balaban J connectivity index is 1.91. The molecule has 0 unspecified atom stereocenters. The van der Waals surface area contributed by atoms with E-state index in [4.69, 9.17) is 4.74 Å². The van der Waals surface area contributed by atoms with E-state index in [-0.39, 0.29) is 5.57 Å². The van der Waals surface area contributed by atoms with Crippen molar-refractivity contribution >= 4 is 35.3 Å². The van der Waals surface area contributed by atoms with Crippen LogP contribution in [0.25, 0.3) is 6.08 Å². The number of hydrogen-bond donors (Lipinski definition) is 1. The van der Waals surface area contributed by atoms with Gasteiger partial charge < -0.3 is 9.64 Å². The van der Waals surface area contributed by atoms with E-state index < -0.39 is 17.8 Å². The molecule has 1 N–H and O–H groups in total. The maximum absolute atomic E-state index is 12.9. The van der Waals surface area contributed by atoms with Crippen molar-refractivity contribution in [3.8, 4) is 5.75 Å². The molecule has 1 saturated heterocycles. The maximum atomic E-state index is 12.9. The highest BCUT2D eigenvalue weighted by Crippen LogP contribution is 2.24.